The van der Waals surface area contributed by atoms with Crippen LogP contribution in [0.4, 0.5) is 0 Å². The number of aromatic nitrogens is 1. The van der Waals surface area contributed by atoms with Crippen LogP contribution in [0.15, 0.2) is 18.2 Å². The summed E-state index contributed by atoms with van der Waals surface area (Å²) in [6.45, 7) is 2.09. The number of aliphatic hydroxyl groups excluding tert-OH is 1. The predicted molar refractivity (Wildman–Crippen MR) is 71.7 cm³/mol. The molecule has 1 aliphatic rings. The van der Waals surface area contributed by atoms with Crippen LogP contribution in [-0.2, 0) is 0 Å². The molecular weight excluding hydrogens is 259 g/mol. The molecule has 2 heterocycles. The number of piperidine rings is 1. The Bertz CT molecular complexity index is 354. The lowest BCUT2D eigenvalue weighted by molar-refractivity contribution is 0.0627. The molecule has 17 heavy (non-hydrogen) atoms. The summed E-state index contributed by atoms with van der Waals surface area (Å²) in [6.07, 6.45) is 1.56. The number of nitrogens with zero attached hydrogens (tertiary/aromatic N) is 2. The monoisotopic (exact) mass is 276 g/mol. The second kappa shape index (κ2) is 6.55. The van der Waals surface area contributed by atoms with Gasteiger partial charge in [0, 0.05) is 0 Å². The van der Waals surface area contributed by atoms with Gasteiger partial charge < -0.3 is 10.0 Å². The minimum atomic E-state index is -0.479. The van der Waals surface area contributed by atoms with E-state index in [0.29, 0.717) is 16.8 Å². The number of halogens is 2. The highest BCUT2D eigenvalue weighted by molar-refractivity contribution is 6.29. The molecule has 1 saturated heterocycles. The molecule has 0 saturated carbocycles. The van der Waals surface area contributed by atoms with Crippen molar-refractivity contribution in [1.82, 2.24) is 9.88 Å². The van der Waals surface area contributed by atoms with E-state index in [1.807, 2.05) is 12.1 Å². The van der Waals surface area contributed by atoms with E-state index in [0.717, 1.165) is 25.9 Å². The van der Waals surface area contributed by atoms with Gasteiger partial charge in [0.25, 0.3) is 0 Å². The maximum atomic E-state index is 10.2. The van der Waals surface area contributed by atoms with Crippen molar-refractivity contribution in [2.45, 2.75) is 18.9 Å². The number of rotatable bonds is 2. The highest BCUT2D eigenvalue weighted by Crippen LogP contribution is 2.29. The molecular formula is C12H18Cl2N2O. The largest absolute Gasteiger partial charge is 0.387 e. The van der Waals surface area contributed by atoms with Crippen LogP contribution in [-0.4, -0.2) is 35.1 Å². The Morgan fingerprint density at radius 1 is 1.41 bits per heavy atom. The van der Waals surface area contributed by atoms with Crippen LogP contribution in [0.5, 0.6) is 0 Å². The van der Waals surface area contributed by atoms with Crippen molar-refractivity contribution in [2.24, 2.45) is 5.92 Å². The molecule has 96 valence electrons. The van der Waals surface area contributed by atoms with E-state index in [4.69, 9.17) is 11.6 Å². The molecule has 1 N–H and O–H groups in total. The molecule has 0 amide bonds. The van der Waals surface area contributed by atoms with Gasteiger partial charge in [-0.15, -0.1) is 12.4 Å². The van der Waals surface area contributed by atoms with Gasteiger partial charge in [-0.25, -0.2) is 4.98 Å². The van der Waals surface area contributed by atoms with E-state index in [2.05, 4.69) is 16.9 Å². The lowest BCUT2D eigenvalue weighted by Gasteiger charge is -2.31. The van der Waals surface area contributed by atoms with Crippen LogP contribution >= 0.6 is 24.0 Å². The first-order valence-electron chi connectivity index (χ1n) is 5.66. The molecule has 1 aromatic rings. The van der Waals surface area contributed by atoms with Crippen molar-refractivity contribution >= 4 is 24.0 Å². The number of likely N-dealkylation sites (tertiary alicyclic amines) is 1. The number of hydrogen-bond donors (Lipinski definition) is 1. The maximum absolute atomic E-state index is 10.2. The summed E-state index contributed by atoms with van der Waals surface area (Å²) in [6, 6.07) is 5.41. The molecule has 1 aromatic heterocycles. The van der Waals surface area contributed by atoms with Gasteiger partial charge in [0.15, 0.2) is 0 Å². The van der Waals surface area contributed by atoms with Gasteiger partial charge in [0.2, 0.25) is 0 Å². The summed E-state index contributed by atoms with van der Waals surface area (Å²) in [7, 11) is 2.11. The molecule has 3 nitrogen and oxygen atoms in total. The Balaban J connectivity index is 0.00000144. The Morgan fingerprint density at radius 3 is 2.65 bits per heavy atom. The van der Waals surface area contributed by atoms with Gasteiger partial charge in [-0.05, 0) is 51.0 Å². The minimum Gasteiger partial charge on any atom is -0.387 e. The Labute approximate surface area is 113 Å². The van der Waals surface area contributed by atoms with Gasteiger partial charge >= 0.3 is 0 Å². The number of aliphatic hydroxyl groups is 1. The van der Waals surface area contributed by atoms with Crippen molar-refractivity contribution in [3.63, 3.8) is 0 Å². The van der Waals surface area contributed by atoms with Crippen molar-refractivity contribution in [3.8, 4) is 0 Å². The smallest absolute Gasteiger partial charge is 0.129 e. The van der Waals surface area contributed by atoms with Crippen LogP contribution in [0.1, 0.15) is 24.6 Å². The first-order chi connectivity index (χ1) is 7.66. The molecule has 1 unspecified atom stereocenters. The summed E-state index contributed by atoms with van der Waals surface area (Å²) >= 11 is 5.82. The summed E-state index contributed by atoms with van der Waals surface area (Å²) in [5.41, 5.74) is 0.696. The second-order valence-electron chi connectivity index (χ2n) is 4.47. The van der Waals surface area contributed by atoms with Crippen molar-refractivity contribution in [3.05, 3.63) is 29.0 Å². The maximum Gasteiger partial charge on any atom is 0.129 e. The van der Waals surface area contributed by atoms with Crippen LogP contribution in [0.2, 0.25) is 5.15 Å². The summed E-state index contributed by atoms with van der Waals surface area (Å²) in [4.78, 5) is 6.46. The van der Waals surface area contributed by atoms with Crippen molar-refractivity contribution in [1.29, 1.82) is 0 Å². The summed E-state index contributed by atoms with van der Waals surface area (Å²) in [5, 5.41) is 10.7. The molecule has 0 aliphatic carbocycles. The molecule has 2 rings (SSSR count). The van der Waals surface area contributed by atoms with E-state index in [-0.39, 0.29) is 12.4 Å². The minimum absolute atomic E-state index is 0. The number of pyridine rings is 1. The van der Waals surface area contributed by atoms with Crippen LogP contribution in [0.3, 0.4) is 0 Å². The van der Waals surface area contributed by atoms with Crippen molar-refractivity contribution in [2.75, 3.05) is 20.1 Å². The number of hydrogen-bond acceptors (Lipinski definition) is 3. The van der Waals surface area contributed by atoms with Gasteiger partial charge in [-0.3, -0.25) is 0 Å². The lowest BCUT2D eigenvalue weighted by atomic mass is 9.89. The third-order valence-corrected chi connectivity index (χ3v) is 3.46. The SMILES string of the molecule is CN1CCC(C(O)c2cccc(Cl)n2)CC1.Cl. The molecule has 1 fully saturated rings. The van der Waals surface area contributed by atoms with Crippen LogP contribution in [0.25, 0.3) is 0 Å². The Kier molecular flexibility index (Phi) is 5.67. The van der Waals surface area contributed by atoms with Gasteiger partial charge in [0.1, 0.15) is 5.15 Å². The summed E-state index contributed by atoms with van der Waals surface area (Å²) < 4.78 is 0. The van der Waals surface area contributed by atoms with E-state index in [1.165, 1.54) is 0 Å². The molecule has 0 bridgehead atoms. The normalized spacial score (nSPS) is 19.7. The van der Waals surface area contributed by atoms with E-state index in [9.17, 15) is 5.11 Å². The standard InChI is InChI=1S/C12H17ClN2O.ClH/c1-15-7-5-9(6-8-15)12(16)10-3-2-4-11(13)14-10;/h2-4,9,12,16H,5-8H2,1H3;1H. The topological polar surface area (TPSA) is 36.4 Å². The average Bonchev–Trinajstić information content (AvgIpc) is 2.29. The average molecular weight is 277 g/mol. The van der Waals surface area contributed by atoms with E-state index in [1.54, 1.807) is 6.07 Å². The van der Waals surface area contributed by atoms with Crippen LogP contribution in [0, 0.1) is 5.92 Å². The fourth-order valence-electron chi connectivity index (χ4n) is 2.17. The zero-order valence-corrected chi connectivity index (χ0v) is 11.4. The van der Waals surface area contributed by atoms with Crippen molar-refractivity contribution < 1.29 is 5.11 Å². The Morgan fingerprint density at radius 2 is 2.06 bits per heavy atom. The highest BCUT2D eigenvalue weighted by atomic mass is 35.5. The molecule has 1 atom stereocenters. The highest BCUT2D eigenvalue weighted by Gasteiger charge is 2.25. The molecule has 1 aliphatic heterocycles. The van der Waals surface area contributed by atoms with E-state index < -0.39 is 6.10 Å². The fourth-order valence-corrected chi connectivity index (χ4v) is 2.34. The molecule has 5 heteroatoms. The van der Waals surface area contributed by atoms with Crippen LogP contribution < -0.4 is 0 Å². The lowest BCUT2D eigenvalue weighted by Crippen LogP contribution is -2.32. The first kappa shape index (κ1) is 14.7. The summed E-state index contributed by atoms with van der Waals surface area (Å²) in [5.74, 6) is 0.308. The third kappa shape index (κ3) is 3.81. The molecule has 0 spiro atoms. The Hall–Kier alpha value is -0.350. The quantitative estimate of drug-likeness (QED) is 0.844. The van der Waals surface area contributed by atoms with Gasteiger partial charge in [-0.2, -0.15) is 0 Å². The first-order valence-corrected chi connectivity index (χ1v) is 6.03. The van der Waals surface area contributed by atoms with Gasteiger partial charge in [-0.1, -0.05) is 17.7 Å². The second-order valence-corrected chi connectivity index (χ2v) is 4.86. The molecule has 0 aromatic carbocycles. The molecule has 0 radical (unpaired) electrons. The van der Waals surface area contributed by atoms with Gasteiger partial charge in [0.05, 0.1) is 11.8 Å². The zero-order valence-electron chi connectivity index (χ0n) is 9.84. The zero-order chi connectivity index (χ0) is 11.5. The predicted octanol–water partition coefficient (Wildman–Crippen LogP) is 2.53. The third-order valence-electron chi connectivity index (χ3n) is 3.25. The van der Waals surface area contributed by atoms with E-state index >= 15 is 0 Å². The fraction of sp³-hybridized carbons (Fsp3) is 0.583.